The molecule has 0 saturated heterocycles. The van der Waals surface area contributed by atoms with Crippen molar-refractivity contribution in [2.24, 2.45) is 0 Å². The molecule has 0 spiro atoms. The van der Waals surface area contributed by atoms with Crippen LogP contribution in [-0.2, 0) is 24.2 Å². The van der Waals surface area contributed by atoms with Gasteiger partial charge in [0.1, 0.15) is 5.82 Å². The molecule has 0 amide bonds. The van der Waals surface area contributed by atoms with Crippen LogP contribution in [0.25, 0.3) is 11.3 Å². The number of nitrogens with zero attached hydrogens (tertiary/aromatic N) is 4. The number of fused-ring (bicyclic) bond motifs is 1. The fraction of sp³-hybridized carbons (Fsp3) is 0.407. The fourth-order valence-corrected chi connectivity index (χ4v) is 4.96. The van der Waals surface area contributed by atoms with Crippen LogP contribution in [0.3, 0.4) is 0 Å². The standard InChI is InChI=1S/C27H30N4O2/c1-33-27(32)21-10-5-9-20(15-21)24-12-6-11-23(29-24)18-31-14-13-25-22(17-31)16-28-26(30-25)19-7-3-2-4-8-19/h5-6,9-12,15-16,19H,2-4,7-8,13-14,17-18H2,1H3. The monoisotopic (exact) mass is 442 g/mol. The van der Waals surface area contributed by atoms with Gasteiger partial charge in [0.25, 0.3) is 0 Å². The number of benzene rings is 1. The second-order valence-corrected chi connectivity index (χ2v) is 9.08. The molecule has 3 heterocycles. The van der Waals surface area contributed by atoms with Gasteiger partial charge in [-0.2, -0.15) is 0 Å². The van der Waals surface area contributed by atoms with Crippen molar-refractivity contribution < 1.29 is 9.53 Å². The van der Waals surface area contributed by atoms with Gasteiger partial charge in [0.2, 0.25) is 0 Å². The molecule has 0 unspecified atom stereocenters. The number of aromatic nitrogens is 3. The lowest BCUT2D eigenvalue weighted by atomic mass is 9.88. The highest BCUT2D eigenvalue weighted by molar-refractivity contribution is 5.90. The fourth-order valence-electron chi connectivity index (χ4n) is 4.96. The van der Waals surface area contributed by atoms with Crippen molar-refractivity contribution in [2.75, 3.05) is 13.7 Å². The molecule has 0 bridgehead atoms. The third-order valence-electron chi connectivity index (χ3n) is 6.77. The normalized spacial score (nSPS) is 16.9. The highest BCUT2D eigenvalue weighted by atomic mass is 16.5. The summed E-state index contributed by atoms with van der Waals surface area (Å²) < 4.78 is 4.85. The Morgan fingerprint density at radius 3 is 2.79 bits per heavy atom. The first kappa shape index (κ1) is 21.7. The van der Waals surface area contributed by atoms with E-state index in [0.29, 0.717) is 11.5 Å². The molecule has 1 fully saturated rings. The summed E-state index contributed by atoms with van der Waals surface area (Å²) in [5.41, 5.74) is 5.77. The van der Waals surface area contributed by atoms with E-state index in [9.17, 15) is 4.79 Å². The Kier molecular flexibility index (Phi) is 6.44. The van der Waals surface area contributed by atoms with Crippen LogP contribution in [-0.4, -0.2) is 39.5 Å². The number of rotatable bonds is 5. The van der Waals surface area contributed by atoms with Crippen LogP contribution < -0.4 is 0 Å². The Bertz CT molecular complexity index is 1140. The van der Waals surface area contributed by atoms with E-state index < -0.39 is 0 Å². The van der Waals surface area contributed by atoms with Gasteiger partial charge in [-0.25, -0.2) is 14.8 Å². The zero-order valence-corrected chi connectivity index (χ0v) is 19.2. The summed E-state index contributed by atoms with van der Waals surface area (Å²) in [7, 11) is 1.40. The minimum Gasteiger partial charge on any atom is -0.465 e. The quantitative estimate of drug-likeness (QED) is 0.522. The number of pyridine rings is 1. The summed E-state index contributed by atoms with van der Waals surface area (Å²) in [4.78, 5) is 28.9. The Morgan fingerprint density at radius 1 is 1.09 bits per heavy atom. The lowest BCUT2D eigenvalue weighted by molar-refractivity contribution is 0.0601. The van der Waals surface area contributed by atoms with Crippen molar-refractivity contribution in [3.8, 4) is 11.3 Å². The number of carbonyl (C=O) groups is 1. The van der Waals surface area contributed by atoms with Crippen LogP contribution in [0.1, 0.15) is 71.2 Å². The molecular formula is C27H30N4O2. The first-order valence-electron chi connectivity index (χ1n) is 11.9. The molecule has 1 saturated carbocycles. The van der Waals surface area contributed by atoms with Crippen molar-refractivity contribution in [3.63, 3.8) is 0 Å². The highest BCUT2D eigenvalue weighted by Crippen LogP contribution is 2.31. The molecular weight excluding hydrogens is 412 g/mol. The minimum absolute atomic E-state index is 0.339. The molecule has 170 valence electrons. The van der Waals surface area contributed by atoms with E-state index in [4.69, 9.17) is 19.7 Å². The van der Waals surface area contributed by atoms with Crippen molar-refractivity contribution >= 4 is 5.97 Å². The molecule has 0 N–H and O–H groups in total. The van der Waals surface area contributed by atoms with Crippen molar-refractivity contribution in [1.29, 1.82) is 0 Å². The van der Waals surface area contributed by atoms with E-state index >= 15 is 0 Å². The average Bonchev–Trinajstić information content (AvgIpc) is 2.88. The Labute approximate surface area is 195 Å². The van der Waals surface area contributed by atoms with Crippen molar-refractivity contribution in [3.05, 3.63) is 77.0 Å². The van der Waals surface area contributed by atoms with Gasteiger partial charge < -0.3 is 4.74 Å². The predicted molar refractivity (Wildman–Crippen MR) is 127 cm³/mol. The highest BCUT2D eigenvalue weighted by Gasteiger charge is 2.23. The van der Waals surface area contributed by atoms with E-state index in [2.05, 4.69) is 17.2 Å². The molecule has 2 aliphatic rings. The van der Waals surface area contributed by atoms with Crippen LogP contribution in [0.4, 0.5) is 0 Å². The summed E-state index contributed by atoms with van der Waals surface area (Å²) in [6.07, 6.45) is 9.43. The van der Waals surface area contributed by atoms with Gasteiger partial charge in [0.15, 0.2) is 0 Å². The van der Waals surface area contributed by atoms with E-state index in [1.54, 1.807) is 6.07 Å². The molecule has 3 aromatic rings. The number of methoxy groups -OCH3 is 1. The number of hydrogen-bond donors (Lipinski definition) is 0. The maximum absolute atomic E-state index is 11.9. The van der Waals surface area contributed by atoms with Crippen molar-refractivity contribution in [1.82, 2.24) is 19.9 Å². The largest absolute Gasteiger partial charge is 0.465 e. The number of carbonyl (C=O) groups excluding carboxylic acids is 1. The molecule has 1 aliphatic carbocycles. The predicted octanol–water partition coefficient (Wildman–Crippen LogP) is 4.93. The molecule has 5 rings (SSSR count). The van der Waals surface area contributed by atoms with E-state index in [-0.39, 0.29) is 5.97 Å². The maximum atomic E-state index is 11.9. The summed E-state index contributed by atoms with van der Waals surface area (Å²) in [6, 6.07) is 13.5. The molecule has 1 aliphatic heterocycles. The van der Waals surface area contributed by atoms with Gasteiger partial charge >= 0.3 is 5.97 Å². The van der Waals surface area contributed by atoms with E-state index in [1.165, 1.54) is 50.5 Å². The topological polar surface area (TPSA) is 68.2 Å². The molecule has 1 aromatic carbocycles. The van der Waals surface area contributed by atoms with Gasteiger partial charge in [0.05, 0.1) is 24.1 Å². The maximum Gasteiger partial charge on any atom is 0.337 e. The molecule has 33 heavy (non-hydrogen) atoms. The Balaban J connectivity index is 1.28. The first-order valence-corrected chi connectivity index (χ1v) is 11.9. The summed E-state index contributed by atoms with van der Waals surface area (Å²) in [6.45, 7) is 2.59. The second kappa shape index (κ2) is 9.79. The lowest BCUT2D eigenvalue weighted by Gasteiger charge is -2.29. The van der Waals surface area contributed by atoms with Gasteiger partial charge in [-0.1, -0.05) is 37.5 Å². The summed E-state index contributed by atoms with van der Waals surface area (Å²) in [5, 5.41) is 0. The molecule has 6 nitrogen and oxygen atoms in total. The first-order chi connectivity index (χ1) is 16.2. The Morgan fingerprint density at radius 2 is 1.94 bits per heavy atom. The van der Waals surface area contributed by atoms with Gasteiger partial charge in [-0.3, -0.25) is 9.88 Å². The molecule has 2 aromatic heterocycles. The third kappa shape index (κ3) is 4.96. The SMILES string of the molecule is COC(=O)c1cccc(-c2cccc(CN3CCc4nc(C5CCCCC5)ncc4C3)n2)c1. The van der Waals surface area contributed by atoms with Gasteiger partial charge in [0, 0.05) is 55.0 Å². The third-order valence-corrected chi connectivity index (χ3v) is 6.77. The lowest BCUT2D eigenvalue weighted by Crippen LogP contribution is -2.31. The average molecular weight is 443 g/mol. The molecule has 6 heteroatoms. The Hall–Kier alpha value is -3.12. The number of hydrogen-bond acceptors (Lipinski definition) is 6. The zero-order valence-electron chi connectivity index (χ0n) is 19.2. The zero-order chi connectivity index (χ0) is 22.6. The van der Waals surface area contributed by atoms with Crippen LogP contribution in [0.5, 0.6) is 0 Å². The second-order valence-electron chi connectivity index (χ2n) is 9.08. The summed E-state index contributed by atoms with van der Waals surface area (Å²) in [5.74, 6) is 1.27. The van der Waals surface area contributed by atoms with Crippen LogP contribution in [0.15, 0.2) is 48.7 Å². The van der Waals surface area contributed by atoms with Crippen LogP contribution in [0, 0.1) is 0 Å². The molecule has 0 radical (unpaired) electrons. The number of esters is 1. The minimum atomic E-state index is -0.339. The van der Waals surface area contributed by atoms with Crippen molar-refractivity contribution in [2.45, 2.75) is 57.5 Å². The van der Waals surface area contributed by atoms with E-state index in [0.717, 1.165) is 48.8 Å². The smallest absolute Gasteiger partial charge is 0.337 e. The van der Waals surface area contributed by atoms with Gasteiger partial charge in [-0.05, 0) is 37.1 Å². The van der Waals surface area contributed by atoms with Gasteiger partial charge in [-0.15, -0.1) is 0 Å². The van der Waals surface area contributed by atoms with Crippen LogP contribution >= 0.6 is 0 Å². The summed E-state index contributed by atoms with van der Waals surface area (Å²) >= 11 is 0. The van der Waals surface area contributed by atoms with E-state index in [1.807, 2.05) is 30.3 Å². The molecule has 0 atom stereocenters. The number of ether oxygens (including phenoxy) is 1. The van der Waals surface area contributed by atoms with Crippen LogP contribution in [0.2, 0.25) is 0 Å².